The molecule has 0 aliphatic heterocycles. The van der Waals surface area contributed by atoms with Crippen LogP contribution >= 0.6 is 11.3 Å². The number of thiazole rings is 1. The number of ketones is 1. The lowest BCUT2D eigenvalue weighted by atomic mass is 9.86. The molecule has 0 aliphatic carbocycles. The second kappa shape index (κ2) is 8.07. The average molecular weight is 394 g/mol. The van der Waals surface area contributed by atoms with Crippen LogP contribution in [0.5, 0.6) is 0 Å². The van der Waals surface area contributed by atoms with Crippen LogP contribution in [0.2, 0.25) is 0 Å². The smallest absolute Gasteiger partial charge is 0.331 e. The lowest BCUT2D eigenvalue weighted by molar-refractivity contribution is -0.140. The van der Waals surface area contributed by atoms with Crippen molar-refractivity contribution in [2.45, 2.75) is 39.2 Å². The van der Waals surface area contributed by atoms with Gasteiger partial charge in [-0.05, 0) is 36.1 Å². The fraction of sp³-hybridized carbons (Fsp3) is 0.261. The number of aromatic nitrogens is 1. The molecule has 0 saturated heterocycles. The van der Waals surface area contributed by atoms with Crippen molar-refractivity contribution in [2.75, 3.05) is 0 Å². The molecule has 0 bridgehead atoms. The molecule has 144 valence electrons. The summed E-state index contributed by atoms with van der Waals surface area (Å²) in [5.74, 6) is -0.784. The van der Waals surface area contributed by atoms with Crippen molar-refractivity contribution in [2.24, 2.45) is 0 Å². The maximum atomic E-state index is 12.5. The van der Waals surface area contributed by atoms with Gasteiger partial charge in [0.1, 0.15) is 5.01 Å². The third kappa shape index (κ3) is 4.73. The van der Waals surface area contributed by atoms with Crippen molar-refractivity contribution in [3.05, 3.63) is 70.7 Å². The Labute approximate surface area is 168 Å². The molecular weight excluding hydrogens is 370 g/mol. The molecule has 5 heteroatoms. The van der Waals surface area contributed by atoms with Crippen molar-refractivity contribution in [1.29, 1.82) is 0 Å². The summed E-state index contributed by atoms with van der Waals surface area (Å²) in [5, 5.41) is 0.717. The van der Waals surface area contributed by atoms with Crippen LogP contribution in [0.3, 0.4) is 0 Å². The van der Waals surface area contributed by atoms with Crippen molar-refractivity contribution < 1.29 is 14.3 Å². The fourth-order valence-corrected chi connectivity index (χ4v) is 3.61. The first-order valence-electron chi connectivity index (χ1n) is 9.13. The summed E-state index contributed by atoms with van der Waals surface area (Å²) in [6, 6.07) is 15.2. The topological polar surface area (TPSA) is 56.3 Å². The molecule has 3 rings (SSSR count). The first kappa shape index (κ1) is 20.0. The molecule has 3 aromatic rings. The van der Waals surface area contributed by atoms with Gasteiger partial charge in [-0.25, -0.2) is 9.78 Å². The number of fused-ring (bicyclic) bond motifs is 1. The van der Waals surface area contributed by atoms with Gasteiger partial charge in [0.15, 0.2) is 6.10 Å². The van der Waals surface area contributed by atoms with E-state index < -0.39 is 12.1 Å². The number of esters is 1. The number of benzene rings is 2. The Hall–Kier alpha value is -2.79. The van der Waals surface area contributed by atoms with Crippen LogP contribution in [0.4, 0.5) is 0 Å². The number of rotatable bonds is 5. The van der Waals surface area contributed by atoms with Crippen molar-refractivity contribution in [1.82, 2.24) is 4.98 Å². The highest BCUT2D eigenvalue weighted by atomic mass is 32.1. The molecular formula is C23H23NO3S. The normalized spacial score (nSPS) is 13.0. The number of carbonyl (C=O) groups is 2. The number of ether oxygens (including phenoxy) is 1. The summed E-state index contributed by atoms with van der Waals surface area (Å²) < 4.78 is 6.31. The first-order chi connectivity index (χ1) is 13.2. The Morgan fingerprint density at radius 1 is 1.07 bits per heavy atom. The predicted molar refractivity (Wildman–Crippen MR) is 114 cm³/mol. The minimum Gasteiger partial charge on any atom is -0.451 e. The predicted octanol–water partition coefficient (Wildman–Crippen LogP) is 5.42. The van der Waals surface area contributed by atoms with E-state index >= 15 is 0 Å². The van der Waals surface area contributed by atoms with Crippen LogP contribution in [0.15, 0.2) is 54.6 Å². The van der Waals surface area contributed by atoms with Gasteiger partial charge < -0.3 is 4.74 Å². The monoisotopic (exact) mass is 393 g/mol. The molecule has 1 aromatic heterocycles. The van der Waals surface area contributed by atoms with Gasteiger partial charge in [-0.2, -0.15) is 0 Å². The van der Waals surface area contributed by atoms with E-state index in [0.717, 1.165) is 20.8 Å². The zero-order valence-corrected chi connectivity index (χ0v) is 17.2. The van der Waals surface area contributed by atoms with E-state index in [1.54, 1.807) is 25.1 Å². The number of para-hydroxylation sites is 1. The summed E-state index contributed by atoms with van der Waals surface area (Å²) in [6.07, 6.45) is 2.07. The molecule has 1 atom stereocenters. The fourth-order valence-electron chi connectivity index (χ4n) is 2.74. The minimum atomic E-state index is -0.854. The van der Waals surface area contributed by atoms with E-state index in [9.17, 15) is 9.59 Å². The summed E-state index contributed by atoms with van der Waals surface area (Å²) >= 11 is 1.49. The third-order valence-electron chi connectivity index (χ3n) is 4.37. The second-order valence-corrected chi connectivity index (χ2v) is 8.69. The van der Waals surface area contributed by atoms with Crippen LogP contribution in [0.1, 0.15) is 48.6 Å². The van der Waals surface area contributed by atoms with Crippen LogP contribution in [-0.4, -0.2) is 22.8 Å². The zero-order valence-electron chi connectivity index (χ0n) is 16.4. The average Bonchev–Trinajstić information content (AvgIpc) is 3.08. The number of hydrogen-bond donors (Lipinski definition) is 0. The van der Waals surface area contributed by atoms with Gasteiger partial charge in [-0.15, -0.1) is 11.3 Å². The van der Waals surface area contributed by atoms with E-state index in [-0.39, 0.29) is 11.2 Å². The highest BCUT2D eigenvalue weighted by Crippen LogP contribution is 2.23. The molecule has 4 nitrogen and oxygen atoms in total. The van der Waals surface area contributed by atoms with Gasteiger partial charge in [0.25, 0.3) is 0 Å². The summed E-state index contributed by atoms with van der Waals surface area (Å²) in [7, 11) is 0. The highest BCUT2D eigenvalue weighted by Gasteiger charge is 2.20. The highest BCUT2D eigenvalue weighted by molar-refractivity contribution is 7.19. The van der Waals surface area contributed by atoms with Crippen LogP contribution in [0, 0.1) is 0 Å². The maximum Gasteiger partial charge on any atom is 0.331 e. The van der Waals surface area contributed by atoms with E-state index in [0.29, 0.717) is 5.56 Å². The first-order valence-corrected chi connectivity index (χ1v) is 9.95. The van der Waals surface area contributed by atoms with E-state index in [1.807, 2.05) is 36.4 Å². The van der Waals surface area contributed by atoms with Gasteiger partial charge in [0, 0.05) is 11.6 Å². The number of hydrogen-bond acceptors (Lipinski definition) is 5. The lowest BCUT2D eigenvalue weighted by Gasteiger charge is -2.19. The Balaban J connectivity index is 1.62. The Morgan fingerprint density at radius 3 is 2.39 bits per heavy atom. The Bertz CT molecular complexity index is 993. The van der Waals surface area contributed by atoms with Gasteiger partial charge >= 0.3 is 5.97 Å². The minimum absolute atomic E-state index is 0.0189. The summed E-state index contributed by atoms with van der Waals surface area (Å²) in [5.41, 5.74) is 2.59. The number of nitrogens with zero attached hydrogens (tertiary/aromatic N) is 1. The second-order valence-electron chi connectivity index (χ2n) is 7.62. The van der Waals surface area contributed by atoms with Crippen molar-refractivity contribution in [3.8, 4) is 0 Å². The van der Waals surface area contributed by atoms with Crippen molar-refractivity contribution in [3.63, 3.8) is 0 Å². The summed E-state index contributed by atoms with van der Waals surface area (Å²) in [4.78, 5) is 29.0. The largest absolute Gasteiger partial charge is 0.451 e. The molecule has 2 aromatic carbocycles. The molecule has 0 aliphatic rings. The lowest BCUT2D eigenvalue weighted by Crippen LogP contribution is -2.23. The van der Waals surface area contributed by atoms with Crippen LogP contribution in [0.25, 0.3) is 16.3 Å². The molecule has 0 N–H and O–H groups in total. The van der Waals surface area contributed by atoms with Crippen LogP contribution < -0.4 is 0 Å². The molecule has 1 heterocycles. The molecule has 0 radical (unpaired) electrons. The van der Waals surface area contributed by atoms with E-state index in [2.05, 4.69) is 25.8 Å². The van der Waals surface area contributed by atoms with E-state index in [4.69, 9.17) is 4.74 Å². The molecule has 0 spiro atoms. The van der Waals surface area contributed by atoms with Gasteiger partial charge in [0.05, 0.1) is 10.2 Å². The maximum absolute atomic E-state index is 12.5. The Morgan fingerprint density at radius 2 is 1.75 bits per heavy atom. The van der Waals surface area contributed by atoms with Crippen molar-refractivity contribution >= 4 is 39.4 Å². The van der Waals surface area contributed by atoms with Gasteiger partial charge in [-0.3, -0.25) is 4.79 Å². The zero-order chi connectivity index (χ0) is 20.3. The number of carbonyl (C=O) groups excluding carboxylic acids is 2. The van der Waals surface area contributed by atoms with Crippen LogP contribution in [-0.2, 0) is 14.9 Å². The molecule has 0 unspecified atom stereocenters. The molecule has 0 fully saturated rings. The quantitative estimate of drug-likeness (QED) is 0.330. The Kier molecular flexibility index (Phi) is 5.75. The molecule has 0 amide bonds. The molecule has 0 saturated carbocycles. The standard InChI is InChI=1S/C23H23NO3S/c1-15(22(26)16-9-11-17(12-10-16)23(2,3)4)27-21(25)14-13-20-24-18-7-5-6-8-19(18)28-20/h5-15H,1-4H3/b14-13+/t15-/m1/s1. The van der Waals surface area contributed by atoms with Gasteiger partial charge in [0.2, 0.25) is 5.78 Å². The number of Topliss-reactive ketones (excluding diaryl/α,β-unsaturated/α-hetero) is 1. The summed E-state index contributed by atoms with van der Waals surface area (Å²) in [6.45, 7) is 7.94. The van der Waals surface area contributed by atoms with E-state index in [1.165, 1.54) is 17.4 Å². The molecule has 28 heavy (non-hydrogen) atoms. The SMILES string of the molecule is C[C@@H](OC(=O)/C=C/c1nc2ccccc2s1)C(=O)c1ccc(C(C)(C)C)cc1. The van der Waals surface area contributed by atoms with Gasteiger partial charge in [-0.1, -0.05) is 57.2 Å². The third-order valence-corrected chi connectivity index (χ3v) is 5.37.